The number of hydrogen-bond donors (Lipinski definition) is 0. The van der Waals surface area contributed by atoms with E-state index in [1.807, 2.05) is 0 Å². The summed E-state index contributed by atoms with van der Waals surface area (Å²) in [4.78, 5) is 8.30. The maximum absolute atomic E-state index is 4.60. The average Bonchev–Trinajstić information content (AvgIpc) is 1.83. The van der Waals surface area contributed by atoms with Gasteiger partial charge in [-0.2, -0.15) is 4.89 Å². The van der Waals surface area contributed by atoms with Gasteiger partial charge >= 0.3 is 0 Å². The molecule has 0 rings (SSSR count). The van der Waals surface area contributed by atoms with Crippen LogP contribution in [0.25, 0.3) is 0 Å². The molecule has 0 radical (unpaired) electrons. The lowest BCUT2D eigenvalue weighted by atomic mass is 10.8. The summed E-state index contributed by atoms with van der Waals surface area (Å²) in [6.45, 7) is 1.65. The fourth-order valence-corrected chi connectivity index (χ4v) is 0.127. The minimum absolute atomic E-state index is 0.423. The fourth-order valence-electron chi connectivity index (χ4n) is 0.127. The second-order valence-electron chi connectivity index (χ2n) is 1.06. The standard InChI is InChI=1S/C4H9NO3/c1-4(6-2)5-8-7-3/h1-3H3/b5-4+. The Morgan fingerprint density at radius 2 is 2.00 bits per heavy atom. The third-order valence-electron chi connectivity index (χ3n) is 0.536. The van der Waals surface area contributed by atoms with Crippen molar-refractivity contribution >= 4 is 5.90 Å². The van der Waals surface area contributed by atoms with Crippen molar-refractivity contribution in [3.8, 4) is 0 Å². The SMILES string of the molecule is COO/N=C(\C)OC. The summed E-state index contributed by atoms with van der Waals surface area (Å²) >= 11 is 0. The summed E-state index contributed by atoms with van der Waals surface area (Å²) in [7, 11) is 2.87. The van der Waals surface area contributed by atoms with Crippen LogP contribution in [0.3, 0.4) is 0 Å². The molecule has 0 spiro atoms. The van der Waals surface area contributed by atoms with E-state index in [1.54, 1.807) is 6.92 Å². The first-order chi connectivity index (χ1) is 3.81. The van der Waals surface area contributed by atoms with Gasteiger partial charge in [0.15, 0.2) is 0 Å². The van der Waals surface area contributed by atoms with Crippen LogP contribution in [0, 0.1) is 0 Å². The Balaban J connectivity index is 3.26. The molecule has 0 aliphatic rings. The highest BCUT2D eigenvalue weighted by Gasteiger charge is 1.82. The first-order valence-electron chi connectivity index (χ1n) is 2.09. The van der Waals surface area contributed by atoms with E-state index in [4.69, 9.17) is 0 Å². The van der Waals surface area contributed by atoms with E-state index in [0.717, 1.165) is 0 Å². The molecule has 0 atom stereocenters. The monoisotopic (exact) mass is 119 g/mol. The average molecular weight is 119 g/mol. The molecule has 0 aliphatic heterocycles. The molecule has 4 nitrogen and oxygen atoms in total. The van der Waals surface area contributed by atoms with Crippen LogP contribution in [-0.2, 0) is 14.6 Å². The molecule has 48 valence electrons. The minimum atomic E-state index is 0.423. The summed E-state index contributed by atoms with van der Waals surface area (Å²) in [6, 6.07) is 0. The van der Waals surface area contributed by atoms with Crippen LogP contribution in [0.15, 0.2) is 5.16 Å². The Morgan fingerprint density at radius 1 is 1.38 bits per heavy atom. The highest BCUT2D eigenvalue weighted by atomic mass is 17.3. The lowest BCUT2D eigenvalue weighted by Gasteiger charge is -1.93. The molecule has 0 bridgehead atoms. The first kappa shape index (κ1) is 7.23. The van der Waals surface area contributed by atoms with Gasteiger partial charge in [-0.05, 0) is 5.16 Å². The summed E-state index contributed by atoms with van der Waals surface area (Å²) in [5, 5.41) is 3.33. The molecule has 0 unspecified atom stereocenters. The van der Waals surface area contributed by atoms with E-state index in [2.05, 4.69) is 19.8 Å². The summed E-state index contributed by atoms with van der Waals surface area (Å²) < 4.78 is 4.60. The Bertz CT molecular complexity index is 81.4. The van der Waals surface area contributed by atoms with Gasteiger partial charge in [0.05, 0.1) is 14.2 Å². The number of nitrogens with zero attached hydrogens (tertiary/aromatic N) is 1. The smallest absolute Gasteiger partial charge is 0.226 e. The maximum atomic E-state index is 4.60. The molecule has 0 saturated carbocycles. The quantitative estimate of drug-likeness (QED) is 0.230. The van der Waals surface area contributed by atoms with Crippen molar-refractivity contribution in [2.75, 3.05) is 14.2 Å². The zero-order chi connectivity index (χ0) is 6.41. The summed E-state index contributed by atoms with van der Waals surface area (Å²) in [5.74, 6) is 0.423. The zero-order valence-corrected chi connectivity index (χ0v) is 5.17. The van der Waals surface area contributed by atoms with Crippen molar-refractivity contribution in [1.82, 2.24) is 0 Å². The molecule has 0 heterocycles. The Hall–Kier alpha value is -0.770. The minimum Gasteiger partial charge on any atom is -0.482 e. The van der Waals surface area contributed by atoms with Gasteiger partial charge in [0.25, 0.3) is 0 Å². The highest BCUT2D eigenvalue weighted by molar-refractivity contribution is 5.72. The van der Waals surface area contributed by atoms with Gasteiger partial charge in [-0.15, -0.1) is 0 Å². The first-order valence-corrected chi connectivity index (χ1v) is 2.09. The van der Waals surface area contributed by atoms with Gasteiger partial charge in [0.1, 0.15) is 0 Å². The van der Waals surface area contributed by atoms with Crippen molar-refractivity contribution < 1.29 is 14.6 Å². The van der Waals surface area contributed by atoms with Crippen LogP contribution in [0.5, 0.6) is 0 Å². The van der Waals surface area contributed by atoms with Crippen LogP contribution in [0.2, 0.25) is 0 Å². The second kappa shape index (κ2) is 4.39. The Morgan fingerprint density at radius 3 is 2.38 bits per heavy atom. The Labute approximate surface area is 48.0 Å². The third kappa shape index (κ3) is 3.42. The molecule has 8 heavy (non-hydrogen) atoms. The highest BCUT2D eigenvalue weighted by Crippen LogP contribution is 1.79. The van der Waals surface area contributed by atoms with Crippen molar-refractivity contribution in [2.24, 2.45) is 5.16 Å². The number of ether oxygens (including phenoxy) is 1. The predicted octanol–water partition coefficient (Wildman–Crippen LogP) is 0.544. The van der Waals surface area contributed by atoms with Gasteiger partial charge in [0, 0.05) is 6.92 Å². The summed E-state index contributed by atoms with van der Waals surface area (Å²) in [6.07, 6.45) is 0. The van der Waals surface area contributed by atoms with Gasteiger partial charge in [0.2, 0.25) is 5.90 Å². The second-order valence-corrected chi connectivity index (χ2v) is 1.06. The molecular weight excluding hydrogens is 110 g/mol. The van der Waals surface area contributed by atoms with E-state index in [-0.39, 0.29) is 0 Å². The van der Waals surface area contributed by atoms with Gasteiger partial charge in [-0.3, -0.25) is 0 Å². The third-order valence-corrected chi connectivity index (χ3v) is 0.536. The van der Waals surface area contributed by atoms with Crippen molar-refractivity contribution in [3.05, 3.63) is 0 Å². The molecule has 4 heteroatoms. The molecule has 0 fully saturated rings. The molecule has 0 aliphatic carbocycles. The lowest BCUT2D eigenvalue weighted by Crippen LogP contribution is -1.94. The topological polar surface area (TPSA) is 40.0 Å². The molecule has 0 amide bonds. The van der Waals surface area contributed by atoms with Gasteiger partial charge in [-0.25, -0.2) is 4.99 Å². The Kier molecular flexibility index (Phi) is 3.97. The molecule has 0 saturated heterocycles. The largest absolute Gasteiger partial charge is 0.482 e. The van der Waals surface area contributed by atoms with E-state index in [9.17, 15) is 0 Å². The van der Waals surface area contributed by atoms with Crippen LogP contribution >= 0.6 is 0 Å². The van der Waals surface area contributed by atoms with E-state index >= 15 is 0 Å². The van der Waals surface area contributed by atoms with Crippen molar-refractivity contribution in [2.45, 2.75) is 6.92 Å². The number of rotatable bonds is 2. The van der Waals surface area contributed by atoms with Crippen LogP contribution < -0.4 is 0 Å². The number of methoxy groups -OCH3 is 1. The van der Waals surface area contributed by atoms with E-state index < -0.39 is 0 Å². The summed E-state index contributed by atoms with van der Waals surface area (Å²) in [5.41, 5.74) is 0. The van der Waals surface area contributed by atoms with Crippen molar-refractivity contribution in [1.29, 1.82) is 0 Å². The molecule has 0 aromatic rings. The zero-order valence-electron chi connectivity index (χ0n) is 5.17. The van der Waals surface area contributed by atoms with Crippen LogP contribution in [0.1, 0.15) is 6.92 Å². The van der Waals surface area contributed by atoms with Crippen molar-refractivity contribution in [3.63, 3.8) is 0 Å². The van der Waals surface area contributed by atoms with E-state index in [0.29, 0.717) is 5.90 Å². The van der Waals surface area contributed by atoms with Gasteiger partial charge in [-0.1, -0.05) is 0 Å². The normalized spacial score (nSPS) is 11.1. The maximum Gasteiger partial charge on any atom is 0.226 e. The molecule has 0 N–H and O–H groups in total. The molecule has 0 aromatic carbocycles. The number of hydrogen-bond acceptors (Lipinski definition) is 4. The van der Waals surface area contributed by atoms with Crippen LogP contribution in [-0.4, -0.2) is 20.1 Å². The van der Waals surface area contributed by atoms with Crippen LogP contribution in [0.4, 0.5) is 0 Å². The molecule has 0 aromatic heterocycles. The van der Waals surface area contributed by atoms with E-state index in [1.165, 1.54) is 14.2 Å². The number of oxime groups is 1. The molecular formula is C4H9NO3. The predicted molar refractivity (Wildman–Crippen MR) is 28.2 cm³/mol. The fraction of sp³-hybridized carbons (Fsp3) is 0.750. The van der Waals surface area contributed by atoms with Gasteiger partial charge < -0.3 is 4.74 Å². The lowest BCUT2D eigenvalue weighted by molar-refractivity contribution is -0.274.